The first-order chi connectivity index (χ1) is 11.6. The lowest BCUT2D eigenvalue weighted by molar-refractivity contribution is 0.138. The smallest absolute Gasteiger partial charge is 0.229 e. The summed E-state index contributed by atoms with van der Waals surface area (Å²) in [4.78, 5) is 2.38. The molecule has 0 aliphatic rings. The predicted molar refractivity (Wildman–Crippen MR) is 110 cm³/mol. The Hall–Kier alpha value is -0.330. The molecule has 0 fully saturated rings. The molecule has 0 radical (unpaired) electrons. The molecule has 1 aromatic carbocycles. The van der Waals surface area contributed by atoms with Crippen molar-refractivity contribution in [2.45, 2.75) is 40.2 Å². The molecule has 1 aromatic rings. The van der Waals surface area contributed by atoms with Crippen LogP contribution >= 0.6 is 22.3 Å². The van der Waals surface area contributed by atoms with Gasteiger partial charge in [0, 0.05) is 16.6 Å². The zero-order chi connectivity index (χ0) is 19.9. The summed E-state index contributed by atoms with van der Waals surface area (Å²) in [5, 5.41) is 9.46. The molecule has 4 nitrogen and oxygen atoms in total. The number of nitrogens with zero attached hydrogens (tertiary/aromatic N) is 1. The third kappa shape index (κ3) is 19.8. The Bertz CT molecular complexity index is 495. The number of hydrogen-bond donors (Lipinski definition) is 1. The van der Waals surface area contributed by atoms with Crippen molar-refractivity contribution in [3.05, 3.63) is 35.9 Å². The van der Waals surface area contributed by atoms with Crippen LogP contribution in [-0.4, -0.2) is 56.3 Å². The van der Waals surface area contributed by atoms with Gasteiger partial charge >= 0.3 is 0 Å². The molecule has 0 aliphatic heterocycles. The summed E-state index contributed by atoms with van der Waals surface area (Å²) in [7, 11) is 1.31. The van der Waals surface area contributed by atoms with Gasteiger partial charge < -0.3 is 10.0 Å². The summed E-state index contributed by atoms with van der Waals surface area (Å²) in [6.07, 6.45) is 1.41. The summed E-state index contributed by atoms with van der Waals surface area (Å²) in [6, 6.07) is 10.1. The van der Waals surface area contributed by atoms with E-state index in [1.807, 2.05) is 25.1 Å². The number of alkyl halides is 1. The van der Waals surface area contributed by atoms with E-state index in [0.29, 0.717) is 5.88 Å². The second-order valence-corrected chi connectivity index (χ2v) is 9.04. The summed E-state index contributed by atoms with van der Waals surface area (Å²) < 4.78 is 18.8. The maximum absolute atomic E-state index is 9.46. The highest BCUT2D eigenvalue weighted by atomic mass is 35.7. The zero-order valence-corrected chi connectivity index (χ0v) is 18.3. The van der Waals surface area contributed by atoms with Gasteiger partial charge in [-0.1, -0.05) is 58.0 Å². The summed E-state index contributed by atoms with van der Waals surface area (Å²) in [6.45, 7) is 12.1. The van der Waals surface area contributed by atoms with Gasteiger partial charge in [-0.2, -0.15) is 0 Å². The highest BCUT2D eigenvalue weighted by molar-refractivity contribution is 8.13. The Labute approximate surface area is 163 Å². The highest BCUT2D eigenvalue weighted by Crippen LogP contribution is 2.12. The Kier molecular flexibility index (Phi) is 17.1. The van der Waals surface area contributed by atoms with E-state index in [0.717, 1.165) is 12.7 Å². The van der Waals surface area contributed by atoms with Crippen molar-refractivity contribution in [3.63, 3.8) is 0 Å². The first-order valence-electron chi connectivity index (χ1n) is 8.48. The molecule has 0 aromatic heterocycles. The number of hydrogen-bond acceptors (Lipinski definition) is 4. The van der Waals surface area contributed by atoms with Gasteiger partial charge in [-0.25, -0.2) is 8.42 Å². The van der Waals surface area contributed by atoms with Crippen LogP contribution in [0.15, 0.2) is 30.3 Å². The number of benzene rings is 1. The molecule has 0 aliphatic carbocycles. The Morgan fingerprint density at radius 3 is 1.76 bits per heavy atom. The lowest BCUT2D eigenvalue weighted by atomic mass is 9.97. The van der Waals surface area contributed by atoms with Crippen molar-refractivity contribution >= 4 is 31.3 Å². The average Bonchev–Trinajstić information content (AvgIpc) is 2.55. The van der Waals surface area contributed by atoms with Crippen LogP contribution in [0, 0.1) is 5.92 Å². The van der Waals surface area contributed by atoms with Crippen LogP contribution in [0.4, 0.5) is 0 Å². The van der Waals surface area contributed by atoms with Crippen molar-refractivity contribution in [1.29, 1.82) is 0 Å². The standard InChI is InChI=1S/C11H15ClO.C6H15N.CH3ClO2S/c1-9(11(13)8-12)7-10-5-3-2-4-6-10;1-4-7(5-2)6-3;1-5(2,3)4/h2-6,9,11,13H,7-8H2,1H3;4-6H2,1-3H3;1H3/t9-,11+;;/m0../s1. The van der Waals surface area contributed by atoms with Gasteiger partial charge in [-0.15, -0.1) is 11.6 Å². The number of halogens is 2. The minimum atomic E-state index is -3.19. The monoisotopic (exact) mass is 413 g/mol. The molecular weight excluding hydrogens is 381 g/mol. The molecule has 1 rings (SSSR count). The fourth-order valence-electron chi connectivity index (χ4n) is 1.94. The Morgan fingerprint density at radius 2 is 1.48 bits per heavy atom. The van der Waals surface area contributed by atoms with Crippen LogP contribution in [0.25, 0.3) is 0 Å². The van der Waals surface area contributed by atoms with Crippen LogP contribution in [-0.2, 0) is 15.5 Å². The topological polar surface area (TPSA) is 57.6 Å². The van der Waals surface area contributed by atoms with E-state index in [1.165, 1.54) is 25.2 Å². The molecule has 0 spiro atoms. The Balaban J connectivity index is 0. The van der Waals surface area contributed by atoms with Crippen LogP contribution < -0.4 is 0 Å². The van der Waals surface area contributed by atoms with Crippen LogP contribution in [0.5, 0.6) is 0 Å². The van der Waals surface area contributed by atoms with Crippen molar-refractivity contribution in [2.75, 3.05) is 31.8 Å². The fraction of sp³-hybridized carbons (Fsp3) is 0.667. The minimum absolute atomic E-state index is 0.222. The van der Waals surface area contributed by atoms with Gasteiger partial charge in [-0.3, -0.25) is 0 Å². The van der Waals surface area contributed by atoms with Crippen molar-refractivity contribution in [1.82, 2.24) is 4.90 Å². The summed E-state index contributed by atoms with van der Waals surface area (Å²) >= 11 is 5.56. The van der Waals surface area contributed by atoms with E-state index in [-0.39, 0.29) is 5.92 Å². The maximum atomic E-state index is 9.46. The molecule has 7 heteroatoms. The van der Waals surface area contributed by atoms with Gasteiger partial charge in [0.05, 0.1) is 12.4 Å². The van der Waals surface area contributed by atoms with Gasteiger partial charge in [0.2, 0.25) is 9.05 Å². The van der Waals surface area contributed by atoms with Crippen molar-refractivity contribution in [2.24, 2.45) is 5.92 Å². The zero-order valence-electron chi connectivity index (χ0n) is 16.0. The lowest BCUT2D eigenvalue weighted by Gasteiger charge is -2.15. The van der Waals surface area contributed by atoms with E-state index in [2.05, 4.69) is 48.5 Å². The van der Waals surface area contributed by atoms with E-state index >= 15 is 0 Å². The van der Waals surface area contributed by atoms with Crippen molar-refractivity contribution in [3.8, 4) is 0 Å². The van der Waals surface area contributed by atoms with Gasteiger partial charge in [-0.05, 0) is 37.5 Å². The second kappa shape index (κ2) is 15.9. The molecule has 0 amide bonds. The summed E-state index contributed by atoms with van der Waals surface area (Å²) in [5.74, 6) is 0.536. The van der Waals surface area contributed by atoms with Crippen LogP contribution in [0.3, 0.4) is 0 Å². The molecule has 0 heterocycles. The molecule has 0 bridgehead atoms. The summed E-state index contributed by atoms with van der Waals surface area (Å²) in [5.41, 5.74) is 1.25. The lowest BCUT2D eigenvalue weighted by Crippen LogP contribution is -2.21. The van der Waals surface area contributed by atoms with E-state index in [9.17, 15) is 13.5 Å². The number of aliphatic hydroxyl groups is 1. The normalized spacial score (nSPS) is 13.2. The average molecular weight is 414 g/mol. The maximum Gasteiger partial charge on any atom is 0.229 e. The fourth-order valence-corrected chi connectivity index (χ4v) is 2.25. The third-order valence-electron chi connectivity index (χ3n) is 3.56. The van der Waals surface area contributed by atoms with Crippen LogP contribution in [0.2, 0.25) is 0 Å². The van der Waals surface area contributed by atoms with Gasteiger partial charge in [0.1, 0.15) is 0 Å². The Morgan fingerprint density at radius 1 is 1.08 bits per heavy atom. The number of aliphatic hydroxyl groups excluding tert-OH is 1. The SMILES string of the molecule is CCN(CC)CC.CS(=O)(=O)Cl.C[C@@H](Cc1ccccc1)[C@H](O)CCl. The second-order valence-electron chi connectivity index (χ2n) is 5.69. The van der Waals surface area contributed by atoms with E-state index < -0.39 is 15.2 Å². The van der Waals surface area contributed by atoms with Gasteiger partial charge in [0.15, 0.2) is 0 Å². The molecule has 0 saturated carbocycles. The molecule has 0 unspecified atom stereocenters. The van der Waals surface area contributed by atoms with E-state index in [1.54, 1.807) is 0 Å². The molecule has 25 heavy (non-hydrogen) atoms. The molecule has 2 atom stereocenters. The van der Waals surface area contributed by atoms with Gasteiger partial charge in [0.25, 0.3) is 0 Å². The molecule has 0 saturated heterocycles. The minimum Gasteiger partial charge on any atom is -0.392 e. The molecule has 148 valence electrons. The predicted octanol–water partition coefficient (Wildman–Crippen LogP) is 4.00. The number of rotatable bonds is 7. The largest absolute Gasteiger partial charge is 0.392 e. The van der Waals surface area contributed by atoms with Crippen LogP contribution in [0.1, 0.15) is 33.3 Å². The van der Waals surface area contributed by atoms with Crippen molar-refractivity contribution < 1.29 is 13.5 Å². The molecular formula is C18H33Cl2NO3S. The first kappa shape index (κ1) is 26.9. The third-order valence-corrected chi connectivity index (χ3v) is 3.87. The first-order valence-corrected chi connectivity index (χ1v) is 11.7. The quantitative estimate of drug-likeness (QED) is 0.541. The van der Waals surface area contributed by atoms with E-state index in [4.69, 9.17) is 11.6 Å². The molecule has 1 N–H and O–H groups in total. The highest BCUT2D eigenvalue weighted by Gasteiger charge is 2.12.